The summed E-state index contributed by atoms with van der Waals surface area (Å²) in [4.78, 5) is 17.2. The maximum atomic E-state index is 12.6. The molecule has 1 amide bonds. The molecule has 0 bridgehead atoms. The molecule has 0 aliphatic heterocycles. The molecule has 0 spiro atoms. The van der Waals surface area contributed by atoms with Gasteiger partial charge in [0.15, 0.2) is 22.2 Å². The van der Waals surface area contributed by atoms with E-state index in [1.807, 2.05) is 60.2 Å². The summed E-state index contributed by atoms with van der Waals surface area (Å²) in [5, 5.41) is 14.7. The average Bonchev–Trinajstić information content (AvgIpc) is 3.51. The largest absolute Gasteiger partial charge is 0.483 e. The van der Waals surface area contributed by atoms with E-state index in [0.717, 1.165) is 23.4 Å². The van der Waals surface area contributed by atoms with Crippen LogP contribution in [0.4, 0.5) is 5.13 Å². The molecule has 0 aliphatic carbocycles. The van der Waals surface area contributed by atoms with Gasteiger partial charge in [-0.3, -0.25) is 9.36 Å². The number of thiazole rings is 1. The Morgan fingerprint density at radius 2 is 1.94 bits per heavy atom. The molecule has 2 heterocycles. The topological polar surface area (TPSA) is 81.9 Å². The number of rotatable bonds is 11. The quantitative estimate of drug-likeness (QED) is 0.184. The molecule has 0 fully saturated rings. The molecular formula is C27H29N5O2S2. The lowest BCUT2D eigenvalue weighted by atomic mass is 10.1. The van der Waals surface area contributed by atoms with E-state index >= 15 is 0 Å². The van der Waals surface area contributed by atoms with Crippen LogP contribution in [0.15, 0.2) is 71.7 Å². The van der Waals surface area contributed by atoms with Crippen molar-refractivity contribution in [2.24, 2.45) is 0 Å². The van der Waals surface area contributed by atoms with Crippen LogP contribution in [-0.2, 0) is 17.8 Å². The SMILES string of the molecule is C=CCn1c(SCC(=O)Nc2nc(-c3ccc(C)cc3)cs2)nnc1C(C)Oc1ccc(CC)cc1. The number of nitrogens with zero attached hydrogens (tertiary/aromatic N) is 4. The summed E-state index contributed by atoms with van der Waals surface area (Å²) in [6.45, 7) is 10.5. The Labute approximate surface area is 219 Å². The minimum Gasteiger partial charge on any atom is -0.483 e. The van der Waals surface area contributed by atoms with Crippen LogP contribution in [0.1, 0.15) is 36.9 Å². The normalized spacial score (nSPS) is 11.8. The predicted octanol–water partition coefficient (Wildman–Crippen LogP) is 6.33. The number of nitrogens with one attached hydrogen (secondary N) is 1. The van der Waals surface area contributed by atoms with E-state index in [1.54, 1.807) is 6.08 Å². The Kier molecular flexibility index (Phi) is 8.56. The van der Waals surface area contributed by atoms with Crippen LogP contribution < -0.4 is 10.1 Å². The first kappa shape index (κ1) is 25.7. The van der Waals surface area contributed by atoms with Gasteiger partial charge in [0.25, 0.3) is 0 Å². The Balaban J connectivity index is 1.37. The molecule has 2 aromatic carbocycles. The molecule has 2 aromatic heterocycles. The zero-order chi connectivity index (χ0) is 25.5. The first-order valence-electron chi connectivity index (χ1n) is 11.7. The van der Waals surface area contributed by atoms with Gasteiger partial charge < -0.3 is 10.1 Å². The van der Waals surface area contributed by atoms with Crippen molar-refractivity contribution in [1.82, 2.24) is 19.7 Å². The van der Waals surface area contributed by atoms with Crippen molar-refractivity contribution in [3.63, 3.8) is 0 Å². The number of aryl methyl sites for hydroxylation is 2. The highest BCUT2D eigenvalue weighted by atomic mass is 32.2. The summed E-state index contributed by atoms with van der Waals surface area (Å²) < 4.78 is 8.02. The molecular weight excluding hydrogens is 490 g/mol. The van der Waals surface area contributed by atoms with Gasteiger partial charge in [0.05, 0.1) is 11.4 Å². The Hall–Kier alpha value is -3.43. The number of aromatic nitrogens is 4. The van der Waals surface area contributed by atoms with Crippen molar-refractivity contribution < 1.29 is 9.53 Å². The standard InChI is InChI=1S/C27H29N5O2S2/c1-5-15-32-25(19(4)34-22-13-9-20(6-2)10-14-22)30-31-27(32)36-17-24(33)29-26-28-23(16-35-26)21-11-7-18(3)8-12-21/h5,7-14,16,19H,1,6,15,17H2,2-4H3,(H,28,29,33). The number of carbonyl (C=O) groups is 1. The average molecular weight is 520 g/mol. The predicted molar refractivity (Wildman–Crippen MR) is 147 cm³/mol. The van der Waals surface area contributed by atoms with Crippen molar-refractivity contribution in [3.05, 3.63) is 83.5 Å². The van der Waals surface area contributed by atoms with Crippen LogP contribution >= 0.6 is 23.1 Å². The minimum atomic E-state index is -0.316. The lowest BCUT2D eigenvalue weighted by Gasteiger charge is -2.16. The molecule has 9 heteroatoms. The summed E-state index contributed by atoms with van der Waals surface area (Å²) in [7, 11) is 0. The van der Waals surface area contributed by atoms with Crippen molar-refractivity contribution >= 4 is 34.1 Å². The van der Waals surface area contributed by atoms with Crippen LogP contribution in [0.3, 0.4) is 0 Å². The monoisotopic (exact) mass is 519 g/mol. The van der Waals surface area contributed by atoms with Crippen LogP contribution in [0, 0.1) is 6.92 Å². The summed E-state index contributed by atoms with van der Waals surface area (Å²) in [6, 6.07) is 16.2. The van der Waals surface area contributed by atoms with Gasteiger partial charge in [-0.1, -0.05) is 66.7 Å². The number of hydrogen-bond donors (Lipinski definition) is 1. The van der Waals surface area contributed by atoms with E-state index < -0.39 is 0 Å². The second-order valence-corrected chi connectivity index (χ2v) is 10.0. The third-order valence-electron chi connectivity index (χ3n) is 5.50. The Morgan fingerprint density at radius 1 is 1.19 bits per heavy atom. The van der Waals surface area contributed by atoms with E-state index in [-0.39, 0.29) is 17.8 Å². The van der Waals surface area contributed by atoms with Crippen molar-refractivity contribution in [2.75, 3.05) is 11.1 Å². The van der Waals surface area contributed by atoms with Gasteiger partial charge >= 0.3 is 0 Å². The highest BCUT2D eigenvalue weighted by Gasteiger charge is 2.20. The number of allylic oxidation sites excluding steroid dienone is 1. The van der Waals surface area contributed by atoms with Crippen molar-refractivity contribution in [3.8, 4) is 17.0 Å². The van der Waals surface area contributed by atoms with E-state index in [4.69, 9.17) is 4.74 Å². The summed E-state index contributed by atoms with van der Waals surface area (Å²) in [5.41, 5.74) is 4.32. The smallest absolute Gasteiger partial charge is 0.236 e. The summed E-state index contributed by atoms with van der Waals surface area (Å²) in [5.74, 6) is 1.48. The highest BCUT2D eigenvalue weighted by Crippen LogP contribution is 2.27. The Bertz CT molecular complexity index is 1310. The van der Waals surface area contributed by atoms with Crippen LogP contribution in [-0.4, -0.2) is 31.4 Å². The van der Waals surface area contributed by atoms with E-state index in [0.29, 0.717) is 22.7 Å². The van der Waals surface area contributed by atoms with E-state index in [2.05, 4.69) is 46.1 Å². The first-order valence-corrected chi connectivity index (χ1v) is 13.6. The number of anilines is 1. The molecule has 4 rings (SSSR count). The molecule has 186 valence electrons. The van der Waals surface area contributed by atoms with Crippen LogP contribution in [0.2, 0.25) is 0 Å². The number of benzene rings is 2. The number of carbonyl (C=O) groups excluding carboxylic acids is 1. The fourth-order valence-electron chi connectivity index (χ4n) is 3.54. The van der Waals surface area contributed by atoms with Gasteiger partial charge in [0.1, 0.15) is 5.75 Å². The molecule has 4 aromatic rings. The van der Waals surface area contributed by atoms with Gasteiger partial charge in [0.2, 0.25) is 5.91 Å². The van der Waals surface area contributed by atoms with Crippen molar-refractivity contribution in [2.45, 2.75) is 45.0 Å². The van der Waals surface area contributed by atoms with Crippen LogP contribution in [0.5, 0.6) is 5.75 Å². The number of ether oxygens (including phenoxy) is 1. The molecule has 0 saturated heterocycles. The lowest BCUT2D eigenvalue weighted by Crippen LogP contribution is -2.15. The maximum Gasteiger partial charge on any atom is 0.236 e. The minimum absolute atomic E-state index is 0.153. The molecule has 0 saturated carbocycles. The molecule has 1 N–H and O–H groups in total. The summed E-state index contributed by atoms with van der Waals surface area (Å²) >= 11 is 2.73. The molecule has 0 radical (unpaired) electrons. The van der Waals surface area contributed by atoms with Gasteiger partial charge in [-0.2, -0.15) is 0 Å². The zero-order valence-corrected chi connectivity index (χ0v) is 22.2. The fourth-order valence-corrected chi connectivity index (χ4v) is 5.03. The number of amides is 1. The third-order valence-corrected chi connectivity index (χ3v) is 7.22. The van der Waals surface area contributed by atoms with E-state index in [9.17, 15) is 4.79 Å². The molecule has 0 aliphatic rings. The van der Waals surface area contributed by atoms with Crippen molar-refractivity contribution in [1.29, 1.82) is 0 Å². The molecule has 1 atom stereocenters. The van der Waals surface area contributed by atoms with E-state index in [1.165, 1.54) is 34.2 Å². The van der Waals surface area contributed by atoms with Crippen LogP contribution in [0.25, 0.3) is 11.3 Å². The fraction of sp³-hybridized carbons (Fsp3) is 0.259. The third kappa shape index (κ3) is 6.41. The number of hydrogen-bond acceptors (Lipinski definition) is 7. The van der Waals surface area contributed by atoms with Gasteiger partial charge in [0, 0.05) is 17.5 Å². The van der Waals surface area contributed by atoms with Gasteiger partial charge in [-0.25, -0.2) is 4.98 Å². The second kappa shape index (κ2) is 12.0. The molecule has 1 unspecified atom stereocenters. The Morgan fingerprint density at radius 3 is 2.64 bits per heavy atom. The highest BCUT2D eigenvalue weighted by molar-refractivity contribution is 7.99. The molecule has 36 heavy (non-hydrogen) atoms. The van der Waals surface area contributed by atoms with Gasteiger partial charge in [-0.15, -0.1) is 28.1 Å². The second-order valence-electron chi connectivity index (χ2n) is 8.24. The summed E-state index contributed by atoms with van der Waals surface area (Å²) in [6.07, 6.45) is 2.44. The number of thioether (sulfide) groups is 1. The lowest BCUT2D eigenvalue weighted by molar-refractivity contribution is -0.113. The maximum absolute atomic E-state index is 12.6. The van der Waals surface area contributed by atoms with Gasteiger partial charge in [-0.05, 0) is 38.0 Å². The molecule has 7 nitrogen and oxygen atoms in total. The zero-order valence-electron chi connectivity index (χ0n) is 20.6. The first-order chi connectivity index (χ1) is 17.5.